The lowest BCUT2D eigenvalue weighted by Crippen LogP contribution is -2.05. The standard InChI is InChI=1S/C13H13N3O2/c1-9-2-4-10(5-3-9)6-15-12-8-14-11(7-16-12)13(17)18/h2-5,7-8H,6H2,1H3,(H,15,16)(H,17,18). The van der Waals surface area contributed by atoms with Crippen LogP contribution in [0.2, 0.25) is 0 Å². The van der Waals surface area contributed by atoms with E-state index in [2.05, 4.69) is 15.3 Å². The van der Waals surface area contributed by atoms with Gasteiger partial charge in [0.05, 0.1) is 12.4 Å². The zero-order valence-corrected chi connectivity index (χ0v) is 9.92. The Morgan fingerprint density at radius 2 is 1.94 bits per heavy atom. The van der Waals surface area contributed by atoms with Gasteiger partial charge in [0.25, 0.3) is 0 Å². The van der Waals surface area contributed by atoms with E-state index < -0.39 is 5.97 Å². The van der Waals surface area contributed by atoms with Crippen LogP contribution in [0.5, 0.6) is 0 Å². The van der Waals surface area contributed by atoms with Gasteiger partial charge in [-0.15, -0.1) is 0 Å². The Labute approximate surface area is 105 Å². The lowest BCUT2D eigenvalue weighted by molar-refractivity contribution is 0.0690. The molecule has 92 valence electrons. The third kappa shape index (κ3) is 3.04. The van der Waals surface area contributed by atoms with E-state index in [-0.39, 0.29) is 5.69 Å². The van der Waals surface area contributed by atoms with Gasteiger partial charge >= 0.3 is 5.97 Å². The number of hydrogen-bond donors (Lipinski definition) is 2. The number of carbonyl (C=O) groups is 1. The topological polar surface area (TPSA) is 75.1 Å². The minimum Gasteiger partial charge on any atom is -0.476 e. The number of aromatic carboxylic acids is 1. The van der Waals surface area contributed by atoms with Crippen molar-refractivity contribution in [2.24, 2.45) is 0 Å². The molecule has 5 heteroatoms. The molecule has 2 N–H and O–H groups in total. The van der Waals surface area contributed by atoms with Gasteiger partial charge in [0.1, 0.15) is 5.82 Å². The minimum atomic E-state index is -1.08. The van der Waals surface area contributed by atoms with Gasteiger partial charge in [-0.3, -0.25) is 0 Å². The molecule has 1 aromatic heterocycles. The van der Waals surface area contributed by atoms with Crippen LogP contribution < -0.4 is 5.32 Å². The number of carboxylic acids is 1. The van der Waals surface area contributed by atoms with E-state index in [9.17, 15) is 4.79 Å². The summed E-state index contributed by atoms with van der Waals surface area (Å²) in [5.74, 6) is -0.520. The molecule has 2 rings (SSSR count). The molecule has 0 bridgehead atoms. The van der Waals surface area contributed by atoms with E-state index in [1.807, 2.05) is 31.2 Å². The molecule has 0 aliphatic carbocycles. The molecule has 1 aromatic carbocycles. The molecule has 0 aliphatic heterocycles. The van der Waals surface area contributed by atoms with Crippen LogP contribution in [-0.4, -0.2) is 21.0 Å². The molecule has 0 saturated carbocycles. The second-order valence-electron chi connectivity index (χ2n) is 3.93. The lowest BCUT2D eigenvalue weighted by atomic mass is 10.1. The highest BCUT2D eigenvalue weighted by atomic mass is 16.4. The predicted octanol–water partition coefficient (Wildman–Crippen LogP) is 2.10. The molecule has 0 radical (unpaired) electrons. The van der Waals surface area contributed by atoms with Crippen molar-refractivity contribution in [3.63, 3.8) is 0 Å². The molecular formula is C13H13N3O2. The second kappa shape index (κ2) is 5.27. The number of aromatic nitrogens is 2. The number of anilines is 1. The summed E-state index contributed by atoms with van der Waals surface area (Å²) in [6.07, 6.45) is 2.65. The molecule has 0 unspecified atom stereocenters. The minimum absolute atomic E-state index is 0.0594. The fourth-order valence-electron chi connectivity index (χ4n) is 1.43. The van der Waals surface area contributed by atoms with E-state index in [4.69, 9.17) is 5.11 Å². The molecular weight excluding hydrogens is 230 g/mol. The summed E-state index contributed by atoms with van der Waals surface area (Å²) in [6, 6.07) is 8.13. The maximum atomic E-state index is 10.6. The lowest BCUT2D eigenvalue weighted by Gasteiger charge is -2.05. The molecule has 0 amide bonds. The molecule has 2 aromatic rings. The van der Waals surface area contributed by atoms with Crippen LogP contribution in [0.25, 0.3) is 0 Å². The average Bonchev–Trinajstić information content (AvgIpc) is 2.38. The number of carboxylic acid groups (broad SMARTS) is 1. The zero-order chi connectivity index (χ0) is 13.0. The van der Waals surface area contributed by atoms with Crippen molar-refractivity contribution in [3.05, 3.63) is 53.5 Å². The van der Waals surface area contributed by atoms with Gasteiger partial charge in [0, 0.05) is 6.54 Å². The maximum absolute atomic E-state index is 10.6. The second-order valence-corrected chi connectivity index (χ2v) is 3.93. The van der Waals surface area contributed by atoms with Gasteiger partial charge in [-0.25, -0.2) is 14.8 Å². The fourth-order valence-corrected chi connectivity index (χ4v) is 1.43. The Bertz CT molecular complexity index is 535. The fraction of sp³-hybridized carbons (Fsp3) is 0.154. The largest absolute Gasteiger partial charge is 0.476 e. The Morgan fingerprint density at radius 1 is 1.22 bits per heavy atom. The molecule has 0 atom stereocenters. The first-order valence-corrected chi connectivity index (χ1v) is 5.50. The van der Waals surface area contributed by atoms with Gasteiger partial charge < -0.3 is 10.4 Å². The third-order valence-corrected chi connectivity index (χ3v) is 2.47. The first-order chi connectivity index (χ1) is 8.65. The van der Waals surface area contributed by atoms with Crippen molar-refractivity contribution < 1.29 is 9.90 Å². The van der Waals surface area contributed by atoms with Gasteiger partial charge in [0.2, 0.25) is 0 Å². The normalized spacial score (nSPS) is 10.1. The van der Waals surface area contributed by atoms with Crippen molar-refractivity contribution >= 4 is 11.8 Å². The number of nitrogens with one attached hydrogen (secondary N) is 1. The summed E-state index contributed by atoms with van der Waals surface area (Å²) in [4.78, 5) is 18.4. The zero-order valence-electron chi connectivity index (χ0n) is 9.92. The Balaban J connectivity index is 1.97. The van der Waals surface area contributed by atoms with E-state index in [0.717, 1.165) is 5.56 Å². The molecule has 18 heavy (non-hydrogen) atoms. The van der Waals surface area contributed by atoms with Crippen LogP contribution in [-0.2, 0) is 6.54 Å². The van der Waals surface area contributed by atoms with E-state index >= 15 is 0 Å². The molecule has 0 saturated heterocycles. The third-order valence-electron chi connectivity index (χ3n) is 2.47. The highest BCUT2D eigenvalue weighted by Crippen LogP contribution is 2.07. The van der Waals surface area contributed by atoms with Gasteiger partial charge in [-0.05, 0) is 12.5 Å². The van der Waals surface area contributed by atoms with Gasteiger partial charge in [0.15, 0.2) is 5.69 Å². The van der Waals surface area contributed by atoms with Crippen LogP contribution in [0, 0.1) is 6.92 Å². The monoisotopic (exact) mass is 243 g/mol. The summed E-state index contributed by atoms with van der Waals surface area (Å²) >= 11 is 0. The van der Waals surface area contributed by atoms with Gasteiger partial charge in [-0.2, -0.15) is 0 Å². The number of aryl methyl sites for hydroxylation is 1. The van der Waals surface area contributed by atoms with Crippen molar-refractivity contribution in [3.8, 4) is 0 Å². The highest BCUT2D eigenvalue weighted by molar-refractivity contribution is 5.84. The van der Waals surface area contributed by atoms with Crippen LogP contribution in [0.3, 0.4) is 0 Å². The van der Waals surface area contributed by atoms with Crippen LogP contribution >= 0.6 is 0 Å². The number of rotatable bonds is 4. The first kappa shape index (κ1) is 12.0. The van der Waals surface area contributed by atoms with E-state index in [0.29, 0.717) is 12.4 Å². The van der Waals surface area contributed by atoms with Crippen molar-refractivity contribution in [2.75, 3.05) is 5.32 Å². The SMILES string of the molecule is Cc1ccc(CNc2cnc(C(=O)O)cn2)cc1. The van der Waals surface area contributed by atoms with Crippen LogP contribution in [0.1, 0.15) is 21.6 Å². The summed E-state index contributed by atoms with van der Waals surface area (Å²) in [5.41, 5.74) is 2.28. The summed E-state index contributed by atoms with van der Waals surface area (Å²) < 4.78 is 0. The van der Waals surface area contributed by atoms with Crippen molar-refractivity contribution in [2.45, 2.75) is 13.5 Å². The maximum Gasteiger partial charge on any atom is 0.356 e. The number of benzene rings is 1. The van der Waals surface area contributed by atoms with Crippen molar-refractivity contribution in [1.82, 2.24) is 9.97 Å². The molecule has 1 heterocycles. The van der Waals surface area contributed by atoms with E-state index in [1.165, 1.54) is 18.0 Å². The molecule has 0 fully saturated rings. The smallest absolute Gasteiger partial charge is 0.356 e. The van der Waals surface area contributed by atoms with E-state index in [1.54, 1.807) is 0 Å². The van der Waals surface area contributed by atoms with Gasteiger partial charge in [-0.1, -0.05) is 29.8 Å². The van der Waals surface area contributed by atoms with Crippen LogP contribution in [0.4, 0.5) is 5.82 Å². The summed E-state index contributed by atoms with van der Waals surface area (Å²) in [5, 5.41) is 11.8. The Hall–Kier alpha value is -2.43. The molecule has 0 aliphatic rings. The Morgan fingerprint density at radius 3 is 2.50 bits per heavy atom. The summed E-state index contributed by atoms with van der Waals surface area (Å²) in [7, 11) is 0. The summed E-state index contributed by atoms with van der Waals surface area (Å²) in [6.45, 7) is 2.66. The van der Waals surface area contributed by atoms with Crippen LogP contribution in [0.15, 0.2) is 36.7 Å². The number of hydrogen-bond acceptors (Lipinski definition) is 4. The molecule has 5 nitrogen and oxygen atoms in total. The highest BCUT2D eigenvalue weighted by Gasteiger charge is 2.04. The predicted molar refractivity (Wildman–Crippen MR) is 67.5 cm³/mol. The van der Waals surface area contributed by atoms with Crippen molar-refractivity contribution in [1.29, 1.82) is 0 Å². The average molecular weight is 243 g/mol. The molecule has 0 spiro atoms. The first-order valence-electron chi connectivity index (χ1n) is 5.50. The quantitative estimate of drug-likeness (QED) is 0.860. The Kier molecular flexibility index (Phi) is 3.52. The number of nitrogens with zero attached hydrogens (tertiary/aromatic N) is 2.